The number of aromatic nitrogens is 1. The van der Waals surface area contributed by atoms with Crippen molar-refractivity contribution < 1.29 is 0 Å². The van der Waals surface area contributed by atoms with Crippen LogP contribution in [0.5, 0.6) is 0 Å². The van der Waals surface area contributed by atoms with Gasteiger partial charge in [-0.3, -0.25) is 4.98 Å². The van der Waals surface area contributed by atoms with E-state index in [0.29, 0.717) is 17.9 Å². The fourth-order valence-corrected chi connectivity index (χ4v) is 4.79. The molecule has 1 N–H and O–H groups in total. The van der Waals surface area contributed by atoms with Gasteiger partial charge >= 0.3 is 0 Å². The lowest BCUT2D eigenvalue weighted by atomic mass is 9.78. The number of nitrogens with one attached hydrogen (secondary N) is 1. The summed E-state index contributed by atoms with van der Waals surface area (Å²) in [4.78, 5) is 4.72. The van der Waals surface area contributed by atoms with E-state index in [1.54, 1.807) is 0 Å². The summed E-state index contributed by atoms with van der Waals surface area (Å²) in [6.45, 7) is 2.15. The molecule has 114 valence electrons. The van der Waals surface area contributed by atoms with E-state index in [1.807, 2.05) is 12.3 Å². The van der Waals surface area contributed by atoms with Crippen LogP contribution in [0.3, 0.4) is 0 Å². The minimum atomic E-state index is 0.300. The minimum absolute atomic E-state index is 0.300. The molecule has 0 spiro atoms. The quantitative estimate of drug-likeness (QED) is 0.673. The van der Waals surface area contributed by atoms with Crippen molar-refractivity contribution in [3.05, 3.63) is 56.8 Å². The van der Waals surface area contributed by atoms with Crippen LogP contribution >= 0.6 is 27.5 Å². The molecular weight excluding hydrogens is 360 g/mol. The molecule has 0 amide bonds. The summed E-state index contributed by atoms with van der Waals surface area (Å²) in [5, 5.41) is 4.57. The average molecular weight is 378 g/mol. The number of pyridine rings is 1. The van der Waals surface area contributed by atoms with Gasteiger partial charge in [-0.1, -0.05) is 18.0 Å². The van der Waals surface area contributed by atoms with E-state index in [4.69, 9.17) is 16.6 Å². The summed E-state index contributed by atoms with van der Waals surface area (Å²) < 4.78 is 1.04. The van der Waals surface area contributed by atoms with Crippen molar-refractivity contribution in [2.45, 2.75) is 38.1 Å². The SMILES string of the molecule is Cc1cc(Br)cnc1[C@@H]1Nc2ccc(Cl)cc2[C@@H]2CCC[C@@H]21. The van der Waals surface area contributed by atoms with E-state index in [-0.39, 0.29) is 0 Å². The lowest BCUT2D eigenvalue weighted by Gasteiger charge is -2.37. The van der Waals surface area contributed by atoms with Gasteiger partial charge in [-0.25, -0.2) is 0 Å². The molecule has 2 nitrogen and oxygen atoms in total. The van der Waals surface area contributed by atoms with Crippen LogP contribution in [-0.2, 0) is 0 Å². The Hall–Kier alpha value is -1.06. The van der Waals surface area contributed by atoms with Crippen LogP contribution in [0.4, 0.5) is 5.69 Å². The van der Waals surface area contributed by atoms with Crippen molar-refractivity contribution in [1.82, 2.24) is 4.98 Å². The maximum atomic E-state index is 6.22. The van der Waals surface area contributed by atoms with Crippen LogP contribution in [0.25, 0.3) is 0 Å². The van der Waals surface area contributed by atoms with E-state index >= 15 is 0 Å². The maximum absolute atomic E-state index is 6.22. The predicted molar refractivity (Wildman–Crippen MR) is 94.6 cm³/mol. The molecule has 0 bridgehead atoms. The zero-order valence-corrected chi connectivity index (χ0v) is 14.8. The highest BCUT2D eigenvalue weighted by atomic mass is 79.9. The molecule has 1 aromatic heterocycles. The summed E-state index contributed by atoms with van der Waals surface area (Å²) in [5.74, 6) is 1.21. The van der Waals surface area contributed by atoms with Crippen LogP contribution in [-0.4, -0.2) is 4.98 Å². The first-order chi connectivity index (χ1) is 10.6. The van der Waals surface area contributed by atoms with E-state index in [1.165, 1.54) is 41.8 Å². The Labute approximate surface area is 144 Å². The molecule has 2 heterocycles. The molecule has 0 saturated heterocycles. The van der Waals surface area contributed by atoms with Gasteiger partial charge < -0.3 is 5.32 Å². The summed E-state index contributed by atoms with van der Waals surface area (Å²) in [6.07, 6.45) is 5.71. The molecular formula is C18H18BrClN2. The van der Waals surface area contributed by atoms with Crippen LogP contribution in [0, 0.1) is 12.8 Å². The van der Waals surface area contributed by atoms with Gasteiger partial charge in [0.05, 0.1) is 11.7 Å². The lowest BCUT2D eigenvalue weighted by molar-refractivity contribution is 0.399. The molecule has 1 aromatic carbocycles. The Balaban J connectivity index is 1.80. The number of nitrogens with zero attached hydrogens (tertiary/aromatic N) is 1. The minimum Gasteiger partial charge on any atom is -0.376 e. The molecule has 1 aliphatic carbocycles. The molecule has 1 fully saturated rings. The topological polar surface area (TPSA) is 24.9 Å². The maximum Gasteiger partial charge on any atom is 0.0721 e. The van der Waals surface area contributed by atoms with Crippen LogP contribution in [0.2, 0.25) is 5.02 Å². The number of aryl methyl sites for hydroxylation is 1. The zero-order valence-electron chi connectivity index (χ0n) is 12.4. The fourth-order valence-electron chi connectivity index (χ4n) is 4.17. The summed E-state index contributed by atoms with van der Waals surface area (Å²) >= 11 is 9.73. The molecule has 1 aliphatic heterocycles. The Bertz CT molecular complexity index is 731. The van der Waals surface area contributed by atoms with Crippen LogP contribution in [0.1, 0.15) is 48.0 Å². The average Bonchev–Trinajstić information content (AvgIpc) is 2.97. The second-order valence-corrected chi connectivity index (χ2v) is 7.76. The number of hydrogen-bond donors (Lipinski definition) is 1. The summed E-state index contributed by atoms with van der Waals surface area (Å²) in [6, 6.07) is 8.69. The lowest BCUT2D eigenvalue weighted by Crippen LogP contribution is -2.30. The van der Waals surface area contributed by atoms with Gasteiger partial charge in [0.15, 0.2) is 0 Å². The number of hydrogen-bond acceptors (Lipinski definition) is 2. The highest BCUT2D eigenvalue weighted by Crippen LogP contribution is 2.53. The van der Waals surface area contributed by atoms with Crippen molar-refractivity contribution >= 4 is 33.2 Å². The van der Waals surface area contributed by atoms with Crippen molar-refractivity contribution in [3.8, 4) is 0 Å². The standard InChI is InChI=1S/C18H18BrClN2/c1-10-7-11(19)9-21-17(10)18-14-4-2-3-13(14)15-8-12(20)5-6-16(15)22-18/h5-9,13-14,18,22H,2-4H2,1H3/t13-,14+,18-/m1/s1. The van der Waals surface area contributed by atoms with Gasteiger partial charge in [0, 0.05) is 21.4 Å². The van der Waals surface area contributed by atoms with Gasteiger partial charge in [0.25, 0.3) is 0 Å². The Morgan fingerprint density at radius 2 is 2.14 bits per heavy atom. The molecule has 0 unspecified atom stereocenters. The van der Waals surface area contributed by atoms with E-state index in [9.17, 15) is 0 Å². The number of benzene rings is 1. The summed E-state index contributed by atoms with van der Waals surface area (Å²) in [7, 11) is 0. The third-order valence-corrected chi connectivity index (χ3v) is 5.77. The van der Waals surface area contributed by atoms with E-state index < -0.39 is 0 Å². The van der Waals surface area contributed by atoms with Gasteiger partial charge in [-0.05, 0) is 82.9 Å². The highest BCUT2D eigenvalue weighted by molar-refractivity contribution is 9.10. The van der Waals surface area contributed by atoms with Gasteiger partial charge in [0.1, 0.15) is 0 Å². The smallest absolute Gasteiger partial charge is 0.0721 e. The predicted octanol–water partition coefficient (Wildman–Crippen LogP) is 5.86. The number of rotatable bonds is 1. The Morgan fingerprint density at radius 3 is 2.95 bits per heavy atom. The third-order valence-electron chi connectivity index (χ3n) is 5.10. The molecule has 4 rings (SSSR count). The number of halogens is 2. The van der Waals surface area contributed by atoms with Gasteiger partial charge in [-0.15, -0.1) is 0 Å². The first-order valence-electron chi connectivity index (χ1n) is 7.81. The third kappa shape index (κ3) is 2.35. The Morgan fingerprint density at radius 1 is 1.27 bits per heavy atom. The van der Waals surface area contributed by atoms with Crippen molar-refractivity contribution in [1.29, 1.82) is 0 Å². The number of fused-ring (bicyclic) bond motifs is 3. The molecule has 0 radical (unpaired) electrons. The highest BCUT2D eigenvalue weighted by Gasteiger charge is 2.41. The van der Waals surface area contributed by atoms with Gasteiger partial charge in [-0.2, -0.15) is 0 Å². The van der Waals surface area contributed by atoms with E-state index in [0.717, 1.165) is 9.50 Å². The monoisotopic (exact) mass is 376 g/mol. The molecule has 4 heteroatoms. The second kappa shape index (κ2) is 5.54. The van der Waals surface area contributed by atoms with Crippen LogP contribution in [0.15, 0.2) is 34.9 Å². The molecule has 22 heavy (non-hydrogen) atoms. The van der Waals surface area contributed by atoms with Crippen LogP contribution < -0.4 is 5.32 Å². The first-order valence-corrected chi connectivity index (χ1v) is 8.98. The largest absolute Gasteiger partial charge is 0.376 e. The van der Waals surface area contributed by atoms with E-state index in [2.05, 4.69) is 46.4 Å². The normalized spacial score (nSPS) is 26.2. The summed E-state index contributed by atoms with van der Waals surface area (Å²) in [5.41, 5.74) is 5.04. The molecule has 1 saturated carbocycles. The fraction of sp³-hybridized carbons (Fsp3) is 0.389. The molecule has 2 aromatic rings. The van der Waals surface area contributed by atoms with Crippen molar-refractivity contribution in [3.63, 3.8) is 0 Å². The zero-order chi connectivity index (χ0) is 15.3. The number of anilines is 1. The van der Waals surface area contributed by atoms with Gasteiger partial charge in [0.2, 0.25) is 0 Å². The molecule has 2 aliphatic rings. The van der Waals surface area contributed by atoms with Crippen molar-refractivity contribution in [2.24, 2.45) is 5.92 Å². The first kappa shape index (κ1) is 14.5. The second-order valence-electron chi connectivity index (χ2n) is 6.41. The molecule has 3 atom stereocenters. The van der Waals surface area contributed by atoms with Crippen molar-refractivity contribution in [2.75, 3.05) is 5.32 Å². The Kier molecular flexibility index (Phi) is 3.66.